The third kappa shape index (κ3) is 4.64. The van der Waals surface area contributed by atoms with Gasteiger partial charge in [0.1, 0.15) is 11.5 Å². The minimum Gasteiger partial charge on any atom is -0.497 e. The third-order valence-electron chi connectivity index (χ3n) is 5.34. The molecule has 2 N–H and O–H groups in total. The molecule has 30 heavy (non-hydrogen) atoms. The molecule has 1 fully saturated rings. The molecule has 0 amide bonds. The first-order valence-electron chi connectivity index (χ1n) is 10.3. The summed E-state index contributed by atoms with van der Waals surface area (Å²) in [7, 11) is 3.42. The molecule has 0 aliphatic heterocycles. The quantitative estimate of drug-likeness (QED) is 0.462. The maximum absolute atomic E-state index is 6.28. The Labute approximate surface area is 176 Å². The van der Waals surface area contributed by atoms with Crippen molar-refractivity contribution in [2.24, 2.45) is 4.99 Å². The van der Waals surface area contributed by atoms with Crippen molar-refractivity contribution in [3.8, 4) is 11.5 Å². The van der Waals surface area contributed by atoms with E-state index in [1.54, 1.807) is 14.2 Å². The molecule has 0 spiro atoms. The molecule has 4 rings (SSSR count). The molecule has 0 bridgehead atoms. The molecule has 0 unspecified atom stereocenters. The summed E-state index contributed by atoms with van der Waals surface area (Å²) in [4.78, 5) is 4.32. The summed E-state index contributed by atoms with van der Waals surface area (Å²) in [5.74, 6) is 3.18. The van der Waals surface area contributed by atoms with E-state index >= 15 is 0 Å². The molecule has 2 heterocycles. The lowest BCUT2D eigenvalue weighted by Gasteiger charge is -2.18. The first-order chi connectivity index (χ1) is 14.8. The van der Waals surface area contributed by atoms with Gasteiger partial charge in [0, 0.05) is 31.4 Å². The molecule has 1 aliphatic carbocycles. The average Bonchev–Trinajstić information content (AvgIpc) is 3.44. The molecular formula is C22H28N6O2. The minimum atomic E-state index is 0.287. The number of hydrogen-bond donors (Lipinski definition) is 2. The van der Waals surface area contributed by atoms with E-state index in [0.717, 1.165) is 41.4 Å². The van der Waals surface area contributed by atoms with Crippen LogP contribution in [0.1, 0.15) is 37.1 Å². The van der Waals surface area contributed by atoms with Crippen LogP contribution in [0.2, 0.25) is 0 Å². The van der Waals surface area contributed by atoms with Gasteiger partial charge in [-0.3, -0.25) is 9.39 Å². The number of rotatable bonds is 7. The Kier molecular flexibility index (Phi) is 6.32. The van der Waals surface area contributed by atoms with Crippen molar-refractivity contribution < 1.29 is 9.47 Å². The van der Waals surface area contributed by atoms with Crippen molar-refractivity contribution in [1.82, 2.24) is 25.2 Å². The summed E-state index contributed by atoms with van der Waals surface area (Å²) < 4.78 is 13.6. The Morgan fingerprint density at radius 2 is 1.97 bits per heavy atom. The second-order valence-corrected chi connectivity index (χ2v) is 7.32. The van der Waals surface area contributed by atoms with E-state index in [0.29, 0.717) is 19.0 Å². The molecule has 1 aromatic carbocycles. The van der Waals surface area contributed by atoms with Crippen LogP contribution in [-0.4, -0.2) is 40.8 Å². The van der Waals surface area contributed by atoms with E-state index in [1.165, 1.54) is 12.8 Å². The molecule has 3 aromatic rings. The van der Waals surface area contributed by atoms with Gasteiger partial charge in [0.2, 0.25) is 0 Å². The fourth-order valence-corrected chi connectivity index (χ4v) is 3.68. The van der Waals surface area contributed by atoms with Gasteiger partial charge in [0.25, 0.3) is 0 Å². The molecular weight excluding hydrogens is 380 g/mol. The van der Waals surface area contributed by atoms with E-state index in [2.05, 4.69) is 25.8 Å². The monoisotopic (exact) mass is 408 g/mol. The first kappa shape index (κ1) is 20.0. The van der Waals surface area contributed by atoms with Crippen LogP contribution >= 0.6 is 0 Å². The van der Waals surface area contributed by atoms with Gasteiger partial charge < -0.3 is 20.1 Å². The Bertz CT molecular complexity index is 1010. The number of hydrogen-bond acceptors (Lipinski definition) is 5. The normalized spacial score (nSPS) is 14.8. The maximum atomic E-state index is 6.28. The Morgan fingerprint density at radius 1 is 1.13 bits per heavy atom. The molecule has 0 atom stereocenters. The topological polar surface area (TPSA) is 85.1 Å². The van der Waals surface area contributed by atoms with Crippen molar-refractivity contribution in [2.45, 2.75) is 44.9 Å². The summed E-state index contributed by atoms with van der Waals surface area (Å²) in [5.41, 5.74) is 1.89. The summed E-state index contributed by atoms with van der Waals surface area (Å²) in [6.45, 7) is 1.10. The lowest BCUT2D eigenvalue weighted by molar-refractivity contribution is 0.207. The number of benzene rings is 1. The number of nitrogens with zero attached hydrogens (tertiary/aromatic N) is 4. The summed E-state index contributed by atoms with van der Waals surface area (Å²) in [6.07, 6.45) is 6.92. The van der Waals surface area contributed by atoms with Crippen molar-refractivity contribution in [3.63, 3.8) is 0 Å². The van der Waals surface area contributed by atoms with E-state index in [-0.39, 0.29) is 6.10 Å². The summed E-state index contributed by atoms with van der Waals surface area (Å²) in [6, 6.07) is 11.8. The average molecular weight is 409 g/mol. The first-order valence-corrected chi connectivity index (χ1v) is 10.3. The molecule has 0 saturated heterocycles. The molecule has 8 nitrogen and oxygen atoms in total. The Balaban J connectivity index is 1.39. The van der Waals surface area contributed by atoms with Gasteiger partial charge in [-0.25, -0.2) is 0 Å². The fourth-order valence-electron chi connectivity index (χ4n) is 3.68. The van der Waals surface area contributed by atoms with Gasteiger partial charge in [-0.1, -0.05) is 6.07 Å². The van der Waals surface area contributed by atoms with Gasteiger partial charge in [0.05, 0.1) is 19.8 Å². The number of nitrogens with one attached hydrogen (secondary N) is 2. The molecule has 8 heteroatoms. The molecule has 2 aromatic heterocycles. The van der Waals surface area contributed by atoms with Gasteiger partial charge in [0.15, 0.2) is 17.4 Å². The SMILES string of the molecule is CN=C(NCc1ccc(OC)cc1OC1CCCC1)NCc1nnc2ccccn12. The second kappa shape index (κ2) is 9.47. The molecule has 1 saturated carbocycles. The summed E-state index contributed by atoms with van der Waals surface area (Å²) >= 11 is 0. The number of methoxy groups -OCH3 is 1. The van der Waals surface area contributed by atoms with Crippen molar-refractivity contribution in [1.29, 1.82) is 0 Å². The highest BCUT2D eigenvalue weighted by Gasteiger charge is 2.18. The van der Waals surface area contributed by atoms with E-state index in [1.807, 2.05) is 47.0 Å². The number of pyridine rings is 1. The second-order valence-electron chi connectivity index (χ2n) is 7.32. The minimum absolute atomic E-state index is 0.287. The van der Waals surface area contributed by atoms with E-state index < -0.39 is 0 Å². The highest BCUT2D eigenvalue weighted by atomic mass is 16.5. The number of fused-ring (bicyclic) bond motifs is 1. The predicted molar refractivity (Wildman–Crippen MR) is 116 cm³/mol. The van der Waals surface area contributed by atoms with Gasteiger partial charge in [-0.05, 0) is 49.9 Å². The third-order valence-corrected chi connectivity index (χ3v) is 5.34. The Morgan fingerprint density at radius 3 is 2.77 bits per heavy atom. The van der Waals surface area contributed by atoms with Gasteiger partial charge >= 0.3 is 0 Å². The van der Waals surface area contributed by atoms with Crippen LogP contribution in [0.3, 0.4) is 0 Å². The molecule has 0 radical (unpaired) electrons. The van der Waals surface area contributed by atoms with Gasteiger partial charge in [-0.2, -0.15) is 0 Å². The number of aromatic nitrogens is 3. The van der Waals surface area contributed by atoms with Crippen molar-refractivity contribution >= 4 is 11.6 Å². The van der Waals surface area contributed by atoms with E-state index in [9.17, 15) is 0 Å². The fraction of sp³-hybridized carbons (Fsp3) is 0.409. The molecule has 158 valence electrons. The Hall–Kier alpha value is -3.29. The van der Waals surface area contributed by atoms with Crippen LogP contribution < -0.4 is 20.1 Å². The highest BCUT2D eigenvalue weighted by Crippen LogP contribution is 2.30. The lowest BCUT2D eigenvalue weighted by Crippen LogP contribution is -2.36. The zero-order valence-corrected chi connectivity index (χ0v) is 17.5. The maximum Gasteiger partial charge on any atom is 0.191 e. The van der Waals surface area contributed by atoms with Gasteiger partial charge in [-0.15, -0.1) is 10.2 Å². The van der Waals surface area contributed by atoms with Crippen LogP contribution in [0.25, 0.3) is 5.65 Å². The van der Waals surface area contributed by atoms with Crippen LogP contribution in [0.5, 0.6) is 11.5 Å². The lowest BCUT2D eigenvalue weighted by atomic mass is 10.2. The largest absolute Gasteiger partial charge is 0.497 e. The van der Waals surface area contributed by atoms with Crippen LogP contribution in [0.4, 0.5) is 0 Å². The zero-order chi connectivity index (χ0) is 20.8. The molecule has 1 aliphatic rings. The number of guanidine groups is 1. The van der Waals surface area contributed by atoms with Crippen LogP contribution in [0.15, 0.2) is 47.6 Å². The number of aliphatic imine (C=N–C) groups is 1. The van der Waals surface area contributed by atoms with Crippen LogP contribution in [0, 0.1) is 0 Å². The smallest absolute Gasteiger partial charge is 0.191 e. The van der Waals surface area contributed by atoms with Crippen LogP contribution in [-0.2, 0) is 13.1 Å². The van der Waals surface area contributed by atoms with E-state index in [4.69, 9.17) is 9.47 Å². The van der Waals surface area contributed by atoms with Crippen molar-refractivity contribution in [3.05, 3.63) is 54.0 Å². The zero-order valence-electron chi connectivity index (χ0n) is 17.5. The predicted octanol–water partition coefficient (Wildman–Crippen LogP) is 2.92. The highest BCUT2D eigenvalue weighted by molar-refractivity contribution is 5.79. The summed E-state index contributed by atoms with van der Waals surface area (Å²) in [5, 5.41) is 15.1. The number of ether oxygens (including phenoxy) is 2. The standard InChI is InChI=1S/C22H28N6O2/c1-23-22(25-15-21-27-26-20-9-5-6-12-28(20)21)24-14-16-10-11-18(29-2)13-19(16)30-17-7-3-4-8-17/h5-6,9-13,17H,3-4,7-8,14-15H2,1-2H3,(H2,23,24,25). The van der Waals surface area contributed by atoms with Crippen molar-refractivity contribution in [2.75, 3.05) is 14.2 Å².